The minimum atomic E-state index is -0.866. The van der Waals surface area contributed by atoms with Crippen LogP contribution >= 0.6 is 0 Å². The van der Waals surface area contributed by atoms with E-state index in [0.29, 0.717) is 24.5 Å². The number of rotatable bonds is 9. The molecule has 0 unspecified atom stereocenters. The van der Waals surface area contributed by atoms with Crippen LogP contribution in [0.5, 0.6) is 5.75 Å². The molecule has 1 N–H and O–H groups in total. The van der Waals surface area contributed by atoms with Crippen LogP contribution in [0.1, 0.15) is 27.0 Å². The summed E-state index contributed by atoms with van der Waals surface area (Å²) < 4.78 is 11.3. The van der Waals surface area contributed by atoms with Crippen molar-refractivity contribution in [2.45, 2.75) is 19.6 Å². The molecule has 1 heterocycles. The number of hydrogen-bond acceptors (Lipinski definition) is 4. The number of nitrogens with zero attached hydrogens (tertiary/aromatic N) is 1. The highest BCUT2D eigenvalue weighted by molar-refractivity contribution is 5.94. The largest absolute Gasteiger partial charge is 0.489 e. The van der Waals surface area contributed by atoms with Gasteiger partial charge in [-0.3, -0.25) is 9.59 Å². The fraction of sp³-hybridized carbons (Fsp3) is 0.143. The third-order valence-electron chi connectivity index (χ3n) is 5.48. The van der Waals surface area contributed by atoms with Crippen LogP contribution in [-0.2, 0) is 24.4 Å². The molecule has 172 valence electrons. The lowest BCUT2D eigenvalue weighted by molar-refractivity contribution is -0.136. The predicted molar refractivity (Wildman–Crippen MR) is 128 cm³/mol. The number of benzene rings is 3. The summed E-state index contributed by atoms with van der Waals surface area (Å²) in [5, 5.41) is 8.89. The first-order valence-corrected chi connectivity index (χ1v) is 10.9. The lowest BCUT2D eigenvalue weighted by Gasteiger charge is -2.20. The molecule has 0 saturated carbocycles. The maximum absolute atomic E-state index is 13.0. The minimum absolute atomic E-state index is 0.0188. The van der Waals surface area contributed by atoms with E-state index in [2.05, 4.69) is 0 Å². The molecule has 1 aromatic heterocycles. The Morgan fingerprint density at radius 1 is 0.882 bits per heavy atom. The zero-order valence-corrected chi connectivity index (χ0v) is 18.8. The summed E-state index contributed by atoms with van der Waals surface area (Å²) in [5.74, 6) is 0.480. The molecule has 0 bridgehead atoms. The van der Waals surface area contributed by atoms with E-state index in [1.165, 1.54) is 0 Å². The van der Waals surface area contributed by atoms with Gasteiger partial charge in [0.15, 0.2) is 0 Å². The molecule has 0 atom stereocenters. The second kappa shape index (κ2) is 10.5. The normalized spacial score (nSPS) is 10.6. The maximum atomic E-state index is 13.0. The van der Waals surface area contributed by atoms with E-state index in [1.807, 2.05) is 48.5 Å². The highest BCUT2D eigenvalue weighted by Crippen LogP contribution is 2.21. The van der Waals surface area contributed by atoms with Crippen LogP contribution in [0.2, 0.25) is 0 Å². The van der Waals surface area contributed by atoms with Gasteiger partial charge in [-0.1, -0.05) is 48.5 Å². The van der Waals surface area contributed by atoms with Crippen LogP contribution in [0.25, 0.3) is 11.3 Å². The number of furan rings is 1. The van der Waals surface area contributed by atoms with E-state index in [0.717, 1.165) is 28.0 Å². The standard InChI is InChI=1S/C28H25NO5/c1-29(28(32)22-12-10-21(11-13-22)26-7-4-16-33-26)18-23-5-2-3-6-24(23)19-34-25-14-8-20(9-15-25)17-27(30)31/h2-16H,17-19H2,1H3,(H,30,31). The molecular weight excluding hydrogens is 430 g/mol. The first-order valence-electron chi connectivity index (χ1n) is 10.9. The van der Waals surface area contributed by atoms with Gasteiger partial charge in [-0.2, -0.15) is 0 Å². The van der Waals surface area contributed by atoms with Crippen LogP contribution in [0, 0.1) is 0 Å². The molecule has 4 rings (SSSR count). The van der Waals surface area contributed by atoms with Gasteiger partial charge < -0.3 is 19.2 Å². The molecule has 0 saturated heterocycles. The lowest BCUT2D eigenvalue weighted by Crippen LogP contribution is -2.26. The summed E-state index contributed by atoms with van der Waals surface area (Å²) in [5.41, 5.74) is 4.21. The van der Waals surface area contributed by atoms with Crippen molar-refractivity contribution in [3.63, 3.8) is 0 Å². The Kier molecular flexibility index (Phi) is 7.08. The molecule has 6 heteroatoms. The third kappa shape index (κ3) is 5.72. The molecule has 0 radical (unpaired) electrons. The van der Waals surface area contributed by atoms with Gasteiger partial charge in [0, 0.05) is 24.7 Å². The van der Waals surface area contributed by atoms with Crippen molar-refractivity contribution in [2.75, 3.05) is 7.05 Å². The quantitative estimate of drug-likeness (QED) is 0.364. The Bertz CT molecular complexity index is 1240. The summed E-state index contributed by atoms with van der Waals surface area (Å²) in [6.45, 7) is 0.782. The van der Waals surface area contributed by atoms with Crippen LogP contribution in [-0.4, -0.2) is 28.9 Å². The van der Waals surface area contributed by atoms with Gasteiger partial charge in [-0.25, -0.2) is 0 Å². The molecule has 34 heavy (non-hydrogen) atoms. The minimum Gasteiger partial charge on any atom is -0.489 e. The van der Waals surface area contributed by atoms with Crippen LogP contribution < -0.4 is 4.74 Å². The number of hydrogen-bond donors (Lipinski definition) is 1. The molecule has 1 amide bonds. The molecule has 6 nitrogen and oxygen atoms in total. The number of ether oxygens (including phenoxy) is 1. The van der Waals surface area contributed by atoms with Gasteiger partial charge in [0.1, 0.15) is 18.1 Å². The van der Waals surface area contributed by atoms with Crippen LogP contribution in [0.3, 0.4) is 0 Å². The maximum Gasteiger partial charge on any atom is 0.307 e. The van der Waals surface area contributed by atoms with Crippen molar-refractivity contribution in [1.29, 1.82) is 0 Å². The average Bonchev–Trinajstić information content (AvgIpc) is 3.39. The third-order valence-corrected chi connectivity index (χ3v) is 5.48. The zero-order valence-electron chi connectivity index (χ0n) is 18.8. The number of carbonyl (C=O) groups excluding carboxylic acids is 1. The van der Waals surface area contributed by atoms with Gasteiger partial charge in [-0.15, -0.1) is 0 Å². The van der Waals surface area contributed by atoms with Gasteiger partial charge in [0.25, 0.3) is 5.91 Å². The fourth-order valence-corrected chi connectivity index (χ4v) is 3.66. The van der Waals surface area contributed by atoms with E-state index in [1.54, 1.807) is 54.6 Å². The second-order valence-electron chi connectivity index (χ2n) is 7.99. The number of carboxylic acids is 1. The lowest BCUT2D eigenvalue weighted by atomic mass is 10.1. The molecule has 0 spiro atoms. The molecule has 0 fully saturated rings. The van der Waals surface area contributed by atoms with E-state index in [9.17, 15) is 9.59 Å². The fourth-order valence-electron chi connectivity index (χ4n) is 3.66. The Labute approximate surface area is 198 Å². The van der Waals surface area contributed by atoms with Crippen LogP contribution in [0.15, 0.2) is 95.6 Å². The van der Waals surface area contributed by atoms with Crippen molar-refractivity contribution < 1.29 is 23.8 Å². The molecule has 4 aromatic rings. The van der Waals surface area contributed by atoms with Gasteiger partial charge in [0.05, 0.1) is 12.7 Å². The molecule has 3 aromatic carbocycles. The van der Waals surface area contributed by atoms with Crippen molar-refractivity contribution in [1.82, 2.24) is 4.90 Å². The Balaban J connectivity index is 1.39. The summed E-state index contributed by atoms with van der Waals surface area (Å²) in [4.78, 5) is 25.5. The van der Waals surface area contributed by atoms with Crippen LogP contribution in [0.4, 0.5) is 0 Å². The summed E-state index contributed by atoms with van der Waals surface area (Å²) in [6.07, 6.45) is 1.60. The Morgan fingerprint density at radius 3 is 2.24 bits per heavy atom. The Hall–Kier alpha value is -4.32. The van der Waals surface area contributed by atoms with Crippen molar-refractivity contribution in [3.05, 3.63) is 113 Å². The summed E-state index contributed by atoms with van der Waals surface area (Å²) in [7, 11) is 1.78. The second-order valence-corrected chi connectivity index (χ2v) is 7.99. The number of amides is 1. The summed E-state index contributed by atoms with van der Waals surface area (Å²) in [6, 6.07) is 26.0. The summed E-state index contributed by atoms with van der Waals surface area (Å²) >= 11 is 0. The smallest absolute Gasteiger partial charge is 0.307 e. The van der Waals surface area contributed by atoms with Gasteiger partial charge in [0.2, 0.25) is 0 Å². The number of carbonyl (C=O) groups is 2. The number of aliphatic carboxylic acids is 1. The average molecular weight is 456 g/mol. The van der Waals surface area contributed by atoms with Crippen molar-refractivity contribution in [3.8, 4) is 17.1 Å². The predicted octanol–water partition coefficient (Wildman–Crippen LogP) is 5.42. The van der Waals surface area contributed by atoms with E-state index in [-0.39, 0.29) is 12.3 Å². The first-order chi connectivity index (χ1) is 16.5. The highest BCUT2D eigenvalue weighted by atomic mass is 16.5. The number of carboxylic acid groups (broad SMARTS) is 1. The van der Waals surface area contributed by atoms with E-state index >= 15 is 0 Å². The van der Waals surface area contributed by atoms with Gasteiger partial charge in [-0.05, 0) is 53.1 Å². The van der Waals surface area contributed by atoms with Crippen molar-refractivity contribution >= 4 is 11.9 Å². The Morgan fingerprint density at radius 2 is 1.59 bits per heavy atom. The molecule has 0 aliphatic rings. The molecule has 0 aliphatic carbocycles. The van der Waals surface area contributed by atoms with E-state index < -0.39 is 5.97 Å². The monoisotopic (exact) mass is 455 g/mol. The van der Waals surface area contributed by atoms with E-state index in [4.69, 9.17) is 14.3 Å². The SMILES string of the molecule is CN(Cc1ccccc1COc1ccc(CC(=O)O)cc1)C(=O)c1ccc(-c2ccco2)cc1. The zero-order chi connectivity index (χ0) is 23.9. The topological polar surface area (TPSA) is 80.0 Å². The van der Waals surface area contributed by atoms with Crippen molar-refractivity contribution in [2.24, 2.45) is 0 Å². The molecular formula is C28H25NO5. The highest BCUT2D eigenvalue weighted by Gasteiger charge is 2.14. The molecule has 0 aliphatic heterocycles. The first kappa shape index (κ1) is 22.9. The van der Waals surface area contributed by atoms with Gasteiger partial charge >= 0.3 is 5.97 Å².